The summed E-state index contributed by atoms with van der Waals surface area (Å²) in [5, 5.41) is 30.2. The normalized spacial score (nSPS) is 22.6. The first kappa shape index (κ1) is 49.8. The van der Waals surface area contributed by atoms with E-state index < -0.39 is 71.5 Å². The van der Waals surface area contributed by atoms with Gasteiger partial charge in [0.25, 0.3) is 0 Å². The van der Waals surface area contributed by atoms with E-state index in [4.69, 9.17) is 5.73 Å². The van der Waals surface area contributed by atoms with Gasteiger partial charge in [0.05, 0.1) is 18.2 Å². The zero-order valence-electron chi connectivity index (χ0n) is 37.3. The van der Waals surface area contributed by atoms with Crippen molar-refractivity contribution in [3.05, 3.63) is 102 Å². The van der Waals surface area contributed by atoms with Crippen LogP contribution in [0.15, 0.2) is 85.1 Å². The number of phenols is 1. The fraction of sp³-hybridized carbons (Fsp3) is 0.469. The molecule has 4 amide bonds. The smallest absolute Gasteiger partial charge is 0.245 e. The van der Waals surface area contributed by atoms with Crippen LogP contribution < -0.4 is 21.7 Å². The molecule has 1 aromatic heterocycles. The molecular formula is C49H66N6O8. The third-order valence-corrected chi connectivity index (χ3v) is 11.6. The number of carbonyl (C=O) groups is 6. The Balaban J connectivity index is 0.00000429. The number of amides is 4. The molecule has 8 N–H and O–H groups in total. The molecule has 0 bridgehead atoms. The molecule has 7 atom stereocenters. The molecule has 1 aliphatic rings. The van der Waals surface area contributed by atoms with Crippen LogP contribution >= 0.6 is 0 Å². The first-order chi connectivity index (χ1) is 30.3. The number of carbonyl (C=O) groups excluding carboxylic acids is 6. The van der Waals surface area contributed by atoms with Crippen molar-refractivity contribution in [1.29, 1.82) is 0 Å². The number of H-pyrrole nitrogens is 1. The third-order valence-electron chi connectivity index (χ3n) is 11.6. The predicted molar refractivity (Wildman–Crippen MR) is 243 cm³/mol. The van der Waals surface area contributed by atoms with Gasteiger partial charge in [-0.2, -0.15) is 0 Å². The van der Waals surface area contributed by atoms with Gasteiger partial charge in [0.1, 0.15) is 17.8 Å². The lowest BCUT2D eigenvalue weighted by Gasteiger charge is -2.33. The van der Waals surface area contributed by atoms with Crippen LogP contribution in [-0.4, -0.2) is 99.2 Å². The van der Waals surface area contributed by atoms with Gasteiger partial charge in [-0.05, 0) is 74.0 Å². The predicted octanol–water partition coefficient (Wildman–Crippen LogP) is 4.68. The summed E-state index contributed by atoms with van der Waals surface area (Å²) < 4.78 is 0. The van der Waals surface area contributed by atoms with Crippen LogP contribution in [0.1, 0.15) is 89.3 Å². The van der Waals surface area contributed by atoms with Gasteiger partial charge in [-0.15, -0.1) is 0 Å². The van der Waals surface area contributed by atoms with Crippen molar-refractivity contribution in [2.45, 2.75) is 122 Å². The van der Waals surface area contributed by atoms with Crippen molar-refractivity contribution >= 4 is 46.1 Å². The Morgan fingerprint density at radius 1 is 0.714 bits per heavy atom. The number of aromatic nitrogens is 1. The number of nitrogens with zero attached hydrogens (tertiary/aromatic N) is 1. The number of likely N-dealkylation sites (N-methyl/N-ethyl adjacent to an activating group) is 1. The molecule has 340 valence electrons. The fourth-order valence-corrected chi connectivity index (χ4v) is 8.09. The van der Waals surface area contributed by atoms with E-state index in [0.717, 1.165) is 22.0 Å². The van der Waals surface area contributed by atoms with Crippen LogP contribution in [0.4, 0.5) is 0 Å². The van der Waals surface area contributed by atoms with E-state index in [9.17, 15) is 39.0 Å². The van der Waals surface area contributed by atoms with Crippen LogP contribution in [0.3, 0.4) is 0 Å². The molecule has 0 unspecified atom stereocenters. The number of nitrogens with one attached hydrogen (secondary N) is 4. The number of hydrogen-bond donors (Lipinski definition) is 7. The Morgan fingerprint density at radius 3 is 2.00 bits per heavy atom. The molecule has 1 aliphatic heterocycles. The number of fused-ring (bicyclic) bond motifs is 1. The number of aromatic hydroxyl groups is 1. The summed E-state index contributed by atoms with van der Waals surface area (Å²) in [6, 6.07) is 18.1. The maximum atomic E-state index is 14.6. The highest BCUT2D eigenvalue weighted by molar-refractivity contribution is 5.98. The highest BCUT2D eigenvalue weighted by Gasteiger charge is 2.38. The van der Waals surface area contributed by atoms with Gasteiger partial charge in [-0.3, -0.25) is 28.8 Å². The Morgan fingerprint density at radius 2 is 1.33 bits per heavy atom. The second-order valence-corrected chi connectivity index (χ2v) is 16.2. The highest BCUT2D eigenvalue weighted by atomic mass is 16.3. The Hall–Kier alpha value is -5.86. The van der Waals surface area contributed by atoms with E-state index in [0.29, 0.717) is 31.4 Å². The average molecular weight is 867 g/mol. The van der Waals surface area contributed by atoms with Crippen LogP contribution in [0.25, 0.3) is 10.9 Å². The van der Waals surface area contributed by atoms with Gasteiger partial charge in [0.15, 0.2) is 11.6 Å². The fourth-order valence-electron chi connectivity index (χ4n) is 8.09. The number of aliphatic hydroxyl groups excluding tert-OH is 1. The lowest BCUT2D eigenvalue weighted by atomic mass is 9.87. The van der Waals surface area contributed by atoms with Crippen molar-refractivity contribution < 1.29 is 39.0 Å². The number of benzene rings is 3. The summed E-state index contributed by atoms with van der Waals surface area (Å²) in [5.41, 5.74) is 8.77. The summed E-state index contributed by atoms with van der Waals surface area (Å²) >= 11 is 0. The zero-order valence-corrected chi connectivity index (χ0v) is 37.3. The van der Waals surface area contributed by atoms with Crippen LogP contribution in [0, 0.1) is 11.8 Å². The first-order valence-electron chi connectivity index (χ1n) is 22.3. The van der Waals surface area contributed by atoms with E-state index in [-0.39, 0.29) is 56.5 Å². The number of rotatable bonds is 13. The van der Waals surface area contributed by atoms with Crippen LogP contribution in [0.5, 0.6) is 5.75 Å². The SMILES string of the molecule is CC.CCC[C@H]1C(=O)C[C@@H](Cc2ccc(O)cc2)C(=O)N[C@H](Cc2c[nH]c3ccccc23)C(=O)C[C@@H](CCCCN)C(=O)N[C@@H]([C@@H](C)O)C(=O)N[C@@H](Cc2ccccc2)C(=O)N1C. The Kier molecular flexibility index (Phi) is 19.5. The standard InChI is InChI=1S/C47H60N6O8.C2H6/c1-4-12-40-42(57)27-33(23-31-18-20-35(55)21-19-31)45(59)50-38(25-34-28-49-37-17-9-8-16-36(34)37)41(56)26-32(15-10-11-22-48)44(58)52-43(29(2)54)46(60)51-39(47(61)53(40)3)24-30-13-6-5-7-14-30;1-2/h5-9,13-14,16-21,28-29,32-33,38-40,43,49,54-55H,4,10-12,15,22-27,48H2,1-3H3,(H,50,59)(H,51,60)(H,52,58);1-2H3/t29-,32-,33-,38-,39+,40+,43+;/m1./s1. The van der Waals surface area contributed by atoms with Crippen molar-refractivity contribution in [3.8, 4) is 5.75 Å². The van der Waals surface area contributed by atoms with Gasteiger partial charge < -0.3 is 41.8 Å². The maximum absolute atomic E-state index is 14.6. The number of nitrogens with two attached hydrogens (primary N) is 1. The molecule has 0 aliphatic carbocycles. The number of hydrogen-bond acceptors (Lipinski definition) is 9. The van der Waals surface area contributed by atoms with Crippen molar-refractivity contribution in [3.63, 3.8) is 0 Å². The Bertz CT molecular complexity index is 2120. The van der Waals surface area contributed by atoms with Crippen LogP contribution in [0.2, 0.25) is 0 Å². The van der Waals surface area contributed by atoms with E-state index in [1.807, 2.05) is 51.1 Å². The summed E-state index contributed by atoms with van der Waals surface area (Å²) in [5.74, 6) is -5.32. The van der Waals surface area contributed by atoms with E-state index in [1.54, 1.807) is 42.6 Å². The first-order valence-corrected chi connectivity index (χ1v) is 22.3. The number of ketones is 2. The minimum absolute atomic E-state index is 0.0310. The molecule has 0 saturated carbocycles. The number of aromatic amines is 1. The highest BCUT2D eigenvalue weighted by Crippen LogP contribution is 2.25. The zero-order chi connectivity index (χ0) is 46.1. The molecule has 4 aromatic rings. The topological polar surface area (TPSA) is 224 Å². The number of unbranched alkanes of at least 4 members (excludes halogenated alkanes) is 1. The van der Waals surface area contributed by atoms with Gasteiger partial charge >= 0.3 is 0 Å². The van der Waals surface area contributed by atoms with E-state index in [1.165, 1.54) is 31.0 Å². The van der Waals surface area contributed by atoms with Gasteiger partial charge in [-0.1, -0.05) is 94.3 Å². The summed E-state index contributed by atoms with van der Waals surface area (Å²) in [4.78, 5) is 91.0. The summed E-state index contributed by atoms with van der Waals surface area (Å²) in [6.07, 6.45) is 2.05. The molecule has 14 nitrogen and oxygen atoms in total. The molecule has 1 fully saturated rings. The largest absolute Gasteiger partial charge is 0.508 e. The molecule has 0 spiro atoms. The van der Waals surface area contributed by atoms with E-state index in [2.05, 4.69) is 20.9 Å². The monoisotopic (exact) mass is 866 g/mol. The van der Waals surface area contributed by atoms with Gasteiger partial charge in [0.2, 0.25) is 23.6 Å². The second kappa shape index (κ2) is 24.7. The quantitative estimate of drug-likeness (QED) is 0.0926. The minimum Gasteiger partial charge on any atom is -0.508 e. The molecule has 0 radical (unpaired) electrons. The van der Waals surface area contributed by atoms with Crippen molar-refractivity contribution in [2.24, 2.45) is 17.6 Å². The minimum atomic E-state index is -1.50. The Labute approximate surface area is 370 Å². The van der Waals surface area contributed by atoms with Gasteiger partial charge in [-0.25, -0.2) is 0 Å². The number of Topliss-reactive ketones (excluding diaryl/α,β-unsaturated/α-hetero) is 2. The molecule has 1 saturated heterocycles. The molecule has 5 rings (SSSR count). The number of phenolic OH excluding ortho intramolecular Hbond substituents is 1. The van der Waals surface area contributed by atoms with Gasteiger partial charge in [0, 0.05) is 61.7 Å². The molecule has 14 heteroatoms. The second-order valence-electron chi connectivity index (χ2n) is 16.2. The molecule has 2 heterocycles. The molecule has 63 heavy (non-hydrogen) atoms. The molecule has 3 aromatic carbocycles. The number of para-hydroxylation sites is 1. The lowest BCUT2D eigenvalue weighted by Crippen LogP contribution is -2.59. The van der Waals surface area contributed by atoms with Crippen molar-refractivity contribution in [1.82, 2.24) is 25.8 Å². The average Bonchev–Trinajstić information content (AvgIpc) is 3.69. The summed E-state index contributed by atoms with van der Waals surface area (Å²) in [7, 11) is 1.49. The van der Waals surface area contributed by atoms with Crippen LogP contribution in [-0.2, 0) is 48.0 Å². The lowest BCUT2D eigenvalue weighted by molar-refractivity contribution is -0.143. The van der Waals surface area contributed by atoms with Crippen molar-refractivity contribution in [2.75, 3.05) is 13.6 Å². The van der Waals surface area contributed by atoms with E-state index >= 15 is 0 Å². The third kappa shape index (κ3) is 14.1. The molecular weight excluding hydrogens is 801 g/mol. The maximum Gasteiger partial charge on any atom is 0.245 e. The summed E-state index contributed by atoms with van der Waals surface area (Å²) in [6.45, 7) is 7.58. The number of aliphatic hydroxyl groups is 1.